The molecule has 0 bridgehead atoms. The summed E-state index contributed by atoms with van der Waals surface area (Å²) in [5.74, 6) is 0. The lowest BCUT2D eigenvalue weighted by Gasteiger charge is -2.07. The van der Waals surface area contributed by atoms with E-state index in [1.165, 1.54) is 18.3 Å². The molecule has 0 unspecified atom stereocenters. The van der Waals surface area contributed by atoms with Crippen LogP contribution in [-0.4, -0.2) is 29.5 Å². The van der Waals surface area contributed by atoms with E-state index in [9.17, 15) is 8.42 Å². The Morgan fingerprint density at radius 2 is 2.21 bits per heavy atom. The van der Waals surface area contributed by atoms with Crippen LogP contribution in [0.3, 0.4) is 0 Å². The fraction of sp³-hybridized carbons (Fsp3) is 0.273. The third-order valence-corrected chi connectivity index (χ3v) is 4.12. The first kappa shape index (κ1) is 14.0. The normalized spacial score (nSPS) is 11.6. The molecule has 2 aromatic rings. The van der Waals surface area contributed by atoms with E-state index in [0.29, 0.717) is 19.5 Å². The first-order valence-corrected chi connectivity index (χ1v) is 7.51. The van der Waals surface area contributed by atoms with Gasteiger partial charge in [0.05, 0.1) is 11.2 Å². The Labute approximate surface area is 116 Å². The molecule has 102 valence electrons. The Morgan fingerprint density at radius 1 is 1.37 bits per heavy atom. The van der Waals surface area contributed by atoms with E-state index in [-0.39, 0.29) is 10.0 Å². The van der Waals surface area contributed by atoms with E-state index in [0.717, 1.165) is 0 Å². The monoisotopic (exact) mass is 300 g/mol. The van der Waals surface area contributed by atoms with Crippen LogP contribution < -0.4 is 4.72 Å². The van der Waals surface area contributed by atoms with Crippen molar-refractivity contribution in [1.82, 2.24) is 19.3 Å². The molecule has 0 fully saturated rings. The van der Waals surface area contributed by atoms with Crippen LogP contribution in [0, 0.1) is 0 Å². The van der Waals surface area contributed by atoms with Crippen LogP contribution in [0.4, 0.5) is 0 Å². The predicted octanol–water partition coefficient (Wildman–Crippen LogP) is 1.30. The van der Waals surface area contributed by atoms with E-state index in [4.69, 9.17) is 11.6 Å². The average Bonchev–Trinajstić information content (AvgIpc) is 2.88. The quantitative estimate of drug-likeness (QED) is 0.644. The summed E-state index contributed by atoms with van der Waals surface area (Å²) in [7, 11) is -3.52. The Kier molecular flexibility index (Phi) is 4.52. The van der Waals surface area contributed by atoms with Gasteiger partial charge in [-0.3, -0.25) is 0 Å². The lowest BCUT2D eigenvalue weighted by molar-refractivity contribution is 0.569. The summed E-state index contributed by atoms with van der Waals surface area (Å²) in [6, 6.07) is 2.73. The van der Waals surface area contributed by atoms with Crippen molar-refractivity contribution in [3.63, 3.8) is 0 Å². The molecule has 6 nitrogen and oxygen atoms in total. The molecular weight excluding hydrogens is 288 g/mol. The van der Waals surface area contributed by atoms with E-state index >= 15 is 0 Å². The van der Waals surface area contributed by atoms with E-state index in [2.05, 4.69) is 14.7 Å². The predicted molar refractivity (Wildman–Crippen MR) is 71.3 cm³/mol. The third-order valence-electron chi connectivity index (χ3n) is 2.45. The maximum absolute atomic E-state index is 11.9. The van der Waals surface area contributed by atoms with E-state index < -0.39 is 10.0 Å². The third kappa shape index (κ3) is 4.02. The molecule has 2 rings (SSSR count). The lowest BCUT2D eigenvalue weighted by atomic mass is 10.4. The summed E-state index contributed by atoms with van der Waals surface area (Å²) in [5.41, 5.74) is 0. The van der Waals surface area contributed by atoms with Crippen molar-refractivity contribution in [3.05, 3.63) is 42.2 Å². The van der Waals surface area contributed by atoms with Crippen LogP contribution >= 0.6 is 11.6 Å². The van der Waals surface area contributed by atoms with Crippen molar-refractivity contribution in [2.75, 3.05) is 6.54 Å². The van der Waals surface area contributed by atoms with Gasteiger partial charge in [0.2, 0.25) is 10.0 Å². The molecule has 2 aromatic heterocycles. The molecule has 0 aliphatic rings. The number of nitrogens with one attached hydrogen (secondary N) is 1. The minimum absolute atomic E-state index is 0.120. The highest BCUT2D eigenvalue weighted by Crippen LogP contribution is 2.12. The van der Waals surface area contributed by atoms with Crippen LogP contribution in [0.1, 0.15) is 6.42 Å². The Hall–Kier alpha value is -1.44. The molecule has 1 N–H and O–H groups in total. The van der Waals surface area contributed by atoms with Gasteiger partial charge in [0.25, 0.3) is 0 Å². The van der Waals surface area contributed by atoms with Gasteiger partial charge >= 0.3 is 0 Å². The fourth-order valence-corrected chi connectivity index (χ4v) is 2.85. The van der Waals surface area contributed by atoms with Crippen LogP contribution in [0.2, 0.25) is 5.15 Å². The zero-order chi connectivity index (χ0) is 13.7. The Bertz CT molecular complexity index is 628. The number of aromatic nitrogens is 3. The molecule has 0 radical (unpaired) electrons. The standard InChI is InChI=1S/C11H13ClN4O2S/c12-11-8-10(2-4-14-11)19(17,18)15-3-1-6-16-7-5-13-9-16/h2,4-5,7-9,15H,1,3,6H2. The molecule has 0 amide bonds. The largest absolute Gasteiger partial charge is 0.337 e. The Morgan fingerprint density at radius 3 is 2.89 bits per heavy atom. The van der Waals surface area contributed by atoms with Crippen LogP contribution in [0.25, 0.3) is 0 Å². The SMILES string of the molecule is O=S(=O)(NCCCn1ccnc1)c1ccnc(Cl)c1. The van der Waals surface area contributed by atoms with Gasteiger partial charge in [-0.2, -0.15) is 0 Å². The molecule has 0 saturated heterocycles. The first-order valence-electron chi connectivity index (χ1n) is 5.65. The van der Waals surface area contributed by atoms with Gasteiger partial charge in [-0.1, -0.05) is 11.6 Å². The molecule has 0 spiro atoms. The molecule has 19 heavy (non-hydrogen) atoms. The number of imidazole rings is 1. The highest BCUT2D eigenvalue weighted by molar-refractivity contribution is 7.89. The van der Waals surface area contributed by atoms with Gasteiger partial charge in [-0.15, -0.1) is 0 Å². The first-order chi connectivity index (χ1) is 9.08. The van der Waals surface area contributed by atoms with Gasteiger partial charge in [0, 0.05) is 31.7 Å². The van der Waals surface area contributed by atoms with Crippen molar-refractivity contribution in [2.45, 2.75) is 17.9 Å². The number of halogens is 1. The van der Waals surface area contributed by atoms with Crippen molar-refractivity contribution in [1.29, 1.82) is 0 Å². The highest BCUT2D eigenvalue weighted by atomic mass is 35.5. The second-order valence-corrected chi connectivity index (χ2v) is 6.02. The fourth-order valence-electron chi connectivity index (χ4n) is 1.52. The van der Waals surface area contributed by atoms with Crippen molar-refractivity contribution in [2.24, 2.45) is 0 Å². The number of rotatable bonds is 6. The number of hydrogen-bond acceptors (Lipinski definition) is 4. The molecule has 0 aliphatic carbocycles. The van der Waals surface area contributed by atoms with E-state index in [1.807, 2.05) is 10.8 Å². The van der Waals surface area contributed by atoms with Gasteiger partial charge in [-0.25, -0.2) is 23.1 Å². The number of pyridine rings is 1. The van der Waals surface area contributed by atoms with Crippen LogP contribution in [0.5, 0.6) is 0 Å². The lowest BCUT2D eigenvalue weighted by Crippen LogP contribution is -2.25. The van der Waals surface area contributed by atoms with Gasteiger partial charge in [0.15, 0.2) is 0 Å². The summed E-state index contributed by atoms with van der Waals surface area (Å²) in [4.78, 5) is 7.78. The van der Waals surface area contributed by atoms with Crippen LogP contribution in [-0.2, 0) is 16.6 Å². The number of aryl methyl sites for hydroxylation is 1. The summed E-state index contributed by atoms with van der Waals surface area (Å²) in [6.07, 6.45) is 7.24. The summed E-state index contributed by atoms with van der Waals surface area (Å²) >= 11 is 5.67. The van der Waals surface area contributed by atoms with Gasteiger partial charge in [0.1, 0.15) is 5.15 Å². The van der Waals surface area contributed by atoms with Crippen LogP contribution in [0.15, 0.2) is 41.9 Å². The summed E-state index contributed by atoms with van der Waals surface area (Å²) in [5, 5.41) is 0.154. The molecule has 0 aliphatic heterocycles. The molecule has 8 heteroatoms. The average molecular weight is 301 g/mol. The summed E-state index contributed by atoms with van der Waals surface area (Å²) in [6.45, 7) is 1.06. The van der Waals surface area contributed by atoms with Crippen molar-refractivity contribution in [3.8, 4) is 0 Å². The maximum Gasteiger partial charge on any atom is 0.240 e. The minimum Gasteiger partial charge on any atom is -0.337 e. The second kappa shape index (κ2) is 6.14. The van der Waals surface area contributed by atoms with E-state index in [1.54, 1.807) is 12.5 Å². The van der Waals surface area contributed by atoms with Gasteiger partial charge < -0.3 is 4.57 Å². The molecule has 2 heterocycles. The smallest absolute Gasteiger partial charge is 0.240 e. The molecule has 0 atom stereocenters. The zero-order valence-electron chi connectivity index (χ0n) is 10.0. The molecular formula is C11H13ClN4O2S. The number of hydrogen-bond donors (Lipinski definition) is 1. The number of sulfonamides is 1. The molecule has 0 saturated carbocycles. The van der Waals surface area contributed by atoms with Crippen molar-refractivity contribution >= 4 is 21.6 Å². The summed E-state index contributed by atoms with van der Waals surface area (Å²) < 4.78 is 28.3. The Balaban J connectivity index is 1.88. The topological polar surface area (TPSA) is 76.9 Å². The maximum atomic E-state index is 11.9. The second-order valence-electron chi connectivity index (χ2n) is 3.87. The van der Waals surface area contributed by atoms with Gasteiger partial charge in [-0.05, 0) is 18.6 Å². The highest BCUT2D eigenvalue weighted by Gasteiger charge is 2.13. The zero-order valence-corrected chi connectivity index (χ0v) is 11.6. The van der Waals surface area contributed by atoms with Crippen molar-refractivity contribution < 1.29 is 8.42 Å². The molecule has 0 aromatic carbocycles. The number of nitrogens with zero attached hydrogens (tertiary/aromatic N) is 3. The minimum atomic E-state index is -3.52.